The molecule has 1 amide bonds. The van der Waals surface area contributed by atoms with E-state index in [9.17, 15) is 4.79 Å². The topological polar surface area (TPSA) is 32.3 Å². The lowest BCUT2D eigenvalue weighted by Crippen LogP contribution is -2.42. The van der Waals surface area contributed by atoms with Gasteiger partial charge in [0, 0.05) is 36.4 Å². The maximum atomic E-state index is 11.9. The summed E-state index contributed by atoms with van der Waals surface area (Å²) in [6, 6.07) is 5.34. The molecule has 1 aromatic rings. The average molecular weight is 225 g/mol. The lowest BCUT2D eigenvalue weighted by Gasteiger charge is -2.31. The molecule has 1 fully saturated rings. The Morgan fingerprint density at radius 1 is 1.40 bits per heavy atom. The van der Waals surface area contributed by atoms with E-state index in [4.69, 9.17) is 11.6 Å². The molecule has 0 atom stereocenters. The third-order valence-electron chi connectivity index (χ3n) is 2.58. The fourth-order valence-electron chi connectivity index (χ4n) is 1.56. The standard InChI is InChI=1S/C11H13ClN2O/c1-13-10-6-8(5-9(12)7-10)11(15)14-3-2-4-14/h5-7,13H,2-4H2,1H3. The zero-order valence-electron chi connectivity index (χ0n) is 8.59. The first-order valence-electron chi connectivity index (χ1n) is 4.98. The predicted octanol–water partition coefficient (Wildman–Crippen LogP) is 2.23. The second-order valence-corrected chi connectivity index (χ2v) is 4.06. The highest BCUT2D eigenvalue weighted by molar-refractivity contribution is 6.31. The molecule has 1 aliphatic heterocycles. The zero-order valence-corrected chi connectivity index (χ0v) is 9.34. The van der Waals surface area contributed by atoms with Crippen molar-refractivity contribution in [1.29, 1.82) is 0 Å². The number of benzene rings is 1. The number of halogens is 1. The summed E-state index contributed by atoms with van der Waals surface area (Å²) in [6.45, 7) is 1.72. The lowest BCUT2D eigenvalue weighted by molar-refractivity contribution is 0.0652. The van der Waals surface area contributed by atoms with Crippen LogP contribution in [0, 0.1) is 0 Å². The molecule has 0 radical (unpaired) electrons. The van der Waals surface area contributed by atoms with Gasteiger partial charge in [0.05, 0.1) is 0 Å². The van der Waals surface area contributed by atoms with E-state index in [0.717, 1.165) is 25.2 Å². The molecular formula is C11H13ClN2O. The first-order valence-corrected chi connectivity index (χ1v) is 5.36. The van der Waals surface area contributed by atoms with Gasteiger partial charge in [0.15, 0.2) is 0 Å². The summed E-state index contributed by atoms with van der Waals surface area (Å²) in [6.07, 6.45) is 1.10. The highest BCUT2D eigenvalue weighted by atomic mass is 35.5. The van der Waals surface area contributed by atoms with E-state index in [1.807, 2.05) is 18.0 Å². The van der Waals surface area contributed by atoms with Crippen molar-refractivity contribution in [2.45, 2.75) is 6.42 Å². The Hall–Kier alpha value is -1.22. The largest absolute Gasteiger partial charge is 0.388 e. The third kappa shape index (κ3) is 2.07. The summed E-state index contributed by atoms with van der Waals surface area (Å²) >= 11 is 5.93. The zero-order chi connectivity index (χ0) is 10.8. The van der Waals surface area contributed by atoms with Crippen molar-refractivity contribution in [2.24, 2.45) is 0 Å². The van der Waals surface area contributed by atoms with Gasteiger partial charge < -0.3 is 10.2 Å². The Kier molecular flexibility index (Phi) is 2.82. The van der Waals surface area contributed by atoms with E-state index in [2.05, 4.69) is 5.32 Å². The molecule has 1 N–H and O–H groups in total. The second-order valence-electron chi connectivity index (χ2n) is 3.62. The maximum Gasteiger partial charge on any atom is 0.253 e. The van der Waals surface area contributed by atoms with E-state index in [1.54, 1.807) is 12.1 Å². The molecule has 1 aromatic carbocycles. The van der Waals surface area contributed by atoms with Gasteiger partial charge >= 0.3 is 0 Å². The van der Waals surface area contributed by atoms with Crippen LogP contribution in [-0.2, 0) is 0 Å². The minimum Gasteiger partial charge on any atom is -0.388 e. The molecule has 1 heterocycles. The second kappa shape index (κ2) is 4.11. The molecule has 1 saturated heterocycles. The normalized spacial score (nSPS) is 14.7. The van der Waals surface area contributed by atoms with Crippen LogP contribution in [0.3, 0.4) is 0 Å². The van der Waals surface area contributed by atoms with Crippen molar-refractivity contribution in [3.05, 3.63) is 28.8 Å². The molecule has 80 valence electrons. The van der Waals surface area contributed by atoms with Crippen molar-refractivity contribution in [2.75, 3.05) is 25.5 Å². The van der Waals surface area contributed by atoms with Crippen LogP contribution in [0.1, 0.15) is 16.8 Å². The van der Waals surface area contributed by atoms with Crippen LogP contribution in [0.4, 0.5) is 5.69 Å². The predicted molar refractivity (Wildman–Crippen MR) is 61.5 cm³/mol. The van der Waals surface area contributed by atoms with Crippen LogP contribution in [0.15, 0.2) is 18.2 Å². The van der Waals surface area contributed by atoms with E-state index >= 15 is 0 Å². The maximum absolute atomic E-state index is 11.9. The molecule has 0 aromatic heterocycles. The minimum atomic E-state index is 0.0697. The number of anilines is 1. The molecule has 0 spiro atoms. The molecule has 0 bridgehead atoms. The number of rotatable bonds is 2. The van der Waals surface area contributed by atoms with E-state index < -0.39 is 0 Å². The van der Waals surface area contributed by atoms with Crippen molar-refractivity contribution in [3.63, 3.8) is 0 Å². The number of carbonyl (C=O) groups excluding carboxylic acids is 1. The SMILES string of the molecule is CNc1cc(Cl)cc(C(=O)N2CCC2)c1. The van der Waals surface area contributed by atoms with Gasteiger partial charge in [-0.25, -0.2) is 0 Å². The Morgan fingerprint density at radius 3 is 2.67 bits per heavy atom. The number of hydrogen-bond donors (Lipinski definition) is 1. The minimum absolute atomic E-state index is 0.0697. The quantitative estimate of drug-likeness (QED) is 0.836. The summed E-state index contributed by atoms with van der Waals surface area (Å²) in [5.41, 5.74) is 1.53. The number of hydrogen-bond acceptors (Lipinski definition) is 2. The van der Waals surface area contributed by atoms with E-state index in [1.165, 1.54) is 0 Å². The highest BCUT2D eigenvalue weighted by Gasteiger charge is 2.21. The Labute approximate surface area is 94.0 Å². The molecule has 0 saturated carbocycles. The van der Waals surface area contributed by atoms with Crippen LogP contribution >= 0.6 is 11.6 Å². The molecule has 2 rings (SSSR count). The average Bonchev–Trinajstić information content (AvgIpc) is 2.14. The molecular weight excluding hydrogens is 212 g/mol. The van der Waals surface area contributed by atoms with E-state index in [-0.39, 0.29) is 5.91 Å². The lowest BCUT2D eigenvalue weighted by atomic mass is 10.1. The molecule has 4 heteroatoms. The Balaban J connectivity index is 2.26. The van der Waals surface area contributed by atoms with Crippen LogP contribution in [0.2, 0.25) is 5.02 Å². The summed E-state index contributed by atoms with van der Waals surface area (Å²) in [5, 5.41) is 3.57. The molecule has 1 aliphatic rings. The molecule has 15 heavy (non-hydrogen) atoms. The Morgan fingerprint density at radius 2 is 2.13 bits per heavy atom. The van der Waals surface area contributed by atoms with E-state index in [0.29, 0.717) is 10.6 Å². The number of nitrogens with zero attached hydrogens (tertiary/aromatic N) is 1. The van der Waals surface area contributed by atoms with Crippen molar-refractivity contribution >= 4 is 23.2 Å². The van der Waals surface area contributed by atoms with Gasteiger partial charge in [-0.15, -0.1) is 0 Å². The number of amides is 1. The fraction of sp³-hybridized carbons (Fsp3) is 0.364. The molecule has 3 nitrogen and oxygen atoms in total. The number of carbonyl (C=O) groups is 1. The summed E-state index contributed by atoms with van der Waals surface area (Å²) < 4.78 is 0. The number of likely N-dealkylation sites (tertiary alicyclic amines) is 1. The summed E-state index contributed by atoms with van der Waals surface area (Å²) in [4.78, 5) is 13.7. The fourth-order valence-corrected chi connectivity index (χ4v) is 1.79. The molecule has 0 unspecified atom stereocenters. The summed E-state index contributed by atoms with van der Waals surface area (Å²) in [7, 11) is 1.81. The van der Waals surface area contributed by atoms with Gasteiger partial charge in [0.1, 0.15) is 0 Å². The van der Waals surface area contributed by atoms with Crippen molar-refractivity contribution in [3.8, 4) is 0 Å². The van der Waals surface area contributed by atoms with Crippen LogP contribution < -0.4 is 5.32 Å². The monoisotopic (exact) mass is 224 g/mol. The highest BCUT2D eigenvalue weighted by Crippen LogP contribution is 2.21. The summed E-state index contributed by atoms with van der Waals surface area (Å²) in [5.74, 6) is 0.0697. The number of nitrogens with one attached hydrogen (secondary N) is 1. The van der Waals surface area contributed by atoms with Gasteiger partial charge in [-0.3, -0.25) is 4.79 Å². The van der Waals surface area contributed by atoms with Gasteiger partial charge in [0.2, 0.25) is 0 Å². The van der Waals surface area contributed by atoms with Gasteiger partial charge in [-0.2, -0.15) is 0 Å². The van der Waals surface area contributed by atoms with Gasteiger partial charge in [-0.1, -0.05) is 11.6 Å². The first-order chi connectivity index (χ1) is 7.20. The smallest absolute Gasteiger partial charge is 0.253 e. The first kappa shape index (κ1) is 10.3. The van der Waals surface area contributed by atoms with Crippen molar-refractivity contribution < 1.29 is 4.79 Å². The van der Waals surface area contributed by atoms with Gasteiger partial charge in [0.25, 0.3) is 5.91 Å². The third-order valence-corrected chi connectivity index (χ3v) is 2.79. The van der Waals surface area contributed by atoms with Crippen LogP contribution in [0.5, 0.6) is 0 Å². The van der Waals surface area contributed by atoms with Crippen LogP contribution in [-0.4, -0.2) is 30.9 Å². The molecule has 0 aliphatic carbocycles. The van der Waals surface area contributed by atoms with Crippen molar-refractivity contribution in [1.82, 2.24) is 4.90 Å². The van der Waals surface area contributed by atoms with Crippen LogP contribution in [0.25, 0.3) is 0 Å². The van der Waals surface area contributed by atoms with Gasteiger partial charge in [-0.05, 0) is 24.6 Å². The Bertz CT molecular complexity index is 388.